The molecule has 0 saturated carbocycles. The van der Waals surface area contributed by atoms with Crippen molar-refractivity contribution in [2.24, 2.45) is 0 Å². The van der Waals surface area contributed by atoms with Crippen molar-refractivity contribution in [3.8, 4) is 11.3 Å². The molecule has 1 amide bonds. The summed E-state index contributed by atoms with van der Waals surface area (Å²) in [5.74, 6) is -0.380. The highest BCUT2D eigenvalue weighted by Gasteiger charge is 2.15. The van der Waals surface area contributed by atoms with Crippen LogP contribution in [0.1, 0.15) is 15.9 Å². The van der Waals surface area contributed by atoms with Gasteiger partial charge >= 0.3 is 0 Å². The van der Waals surface area contributed by atoms with Crippen LogP contribution < -0.4 is 5.73 Å². The van der Waals surface area contributed by atoms with Crippen molar-refractivity contribution in [3.05, 3.63) is 70.2 Å². The van der Waals surface area contributed by atoms with Crippen molar-refractivity contribution in [1.82, 2.24) is 9.88 Å². The molecule has 6 heteroatoms. The minimum Gasteiger partial charge on any atom is -0.384 e. The molecule has 4 nitrogen and oxygen atoms in total. The predicted molar refractivity (Wildman–Crippen MR) is 94.2 cm³/mol. The number of aromatic nitrogens is 1. The van der Waals surface area contributed by atoms with Gasteiger partial charge in [-0.3, -0.25) is 4.79 Å². The number of nitrogens with two attached hydrogens (primary N) is 1. The molecule has 3 rings (SSSR count). The summed E-state index contributed by atoms with van der Waals surface area (Å²) in [6, 6.07) is 11.3. The predicted octanol–water partition coefficient (Wildman–Crippen LogP) is 3.80. The van der Waals surface area contributed by atoms with E-state index in [0.29, 0.717) is 23.6 Å². The third-order valence-electron chi connectivity index (χ3n) is 3.56. The summed E-state index contributed by atoms with van der Waals surface area (Å²) in [7, 11) is 1.70. The summed E-state index contributed by atoms with van der Waals surface area (Å²) in [6.45, 7) is 0.477. The van der Waals surface area contributed by atoms with E-state index in [9.17, 15) is 9.18 Å². The fourth-order valence-electron chi connectivity index (χ4n) is 2.42. The molecule has 1 aromatic carbocycles. The van der Waals surface area contributed by atoms with Gasteiger partial charge in [0.15, 0.2) is 0 Å². The van der Waals surface area contributed by atoms with Crippen molar-refractivity contribution in [2.45, 2.75) is 6.54 Å². The lowest BCUT2D eigenvalue weighted by molar-refractivity contribution is 0.0785. The lowest BCUT2D eigenvalue weighted by atomic mass is 10.1. The first-order valence-corrected chi connectivity index (χ1v) is 8.27. The Labute approximate surface area is 143 Å². The molecule has 3 aromatic rings. The molecule has 2 heterocycles. The van der Waals surface area contributed by atoms with Crippen LogP contribution in [0.25, 0.3) is 11.3 Å². The molecule has 0 bridgehead atoms. The van der Waals surface area contributed by atoms with Gasteiger partial charge in [0.2, 0.25) is 0 Å². The van der Waals surface area contributed by atoms with E-state index in [2.05, 4.69) is 4.98 Å². The molecule has 0 unspecified atom stereocenters. The van der Waals surface area contributed by atoms with E-state index in [1.807, 2.05) is 16.8 Å². The first-order chi connectivity index (χ1) is 11.5. The van der Waals surface area contributed by atoms with Crippen LogP contribution in [-0.4, -0.2) is 22.8 Å². The normalized spacial score (nSPS) is 10.6. The second-order valence-corrected chi connectivity index (χ2v) is 6.25. The first kappa shape index (κ1) is 16.1. The highest BCUT2D eigenvalue weighted by atomic mass is 32.1. The second-order valence-electron chi connectivity index (χ2n) is 5.47. The molecule has 24 heavy (non-hydrogen) atoms. The number of thiophene rings is 1. The van der Waals surface area contributed by atoms with Crippen LogP contribution in [0.3, 0.4) is 0 Å². The lowest BCUT2D eigenvalue weighted by Gasteiger charge is -2.17. The fraction of sp³-hybridized carbons (Fsp3) is 0.111. The number of rotatable bonds is 4. The van der Waals surface area contributed by atoms with Crippen molar-refractivity contribution in [3.63, 3.8) is 0 Å². The number of carbonyl (C=O) groups excluding carboxylic acids is 1. The van der Waals surface area contributed by atoms with Gasteiger partial charge < -0.3 is 10.6 Å². The average Bonchev–Trinajstić information content (AvgIpc) is 3.06. The van der Waals surface area contributed by atoms with Gasteiger partial charge in [-0.2, -0.15) is 11.3 Å². The van der Waals surface area contributed by atoms with E-state index in [0.717, 1.165) is 5.56 Å². The minimum absolute atomic E-state index is 0.245. The molecule has 0 saturated heterocycles. The molecule has 2 aromatic heterocycles. The zero-order chi connectivity index (χ0) is 17.1. The number of nitrogen functional groups attached to an aromatic ring is 1. The van der Waals surface area contributed by atoms with Gasteiger partial charge in [-0.1, -0.05) is 6.07 Å². The molecule has 0 aliphatic carbocycles. The maximum absolute atomic E-state index is 14.0. The van der Waals surface area contributed by atoms with Gasteiger partial charge in [-0.05, 0) is 52.7 Å². The summed E-state index contributed by atoms with van der Waals surface area (Å²) >= 11 is 1.57. The van der Waals surface area contributed by atoms with Gasteiger partial charge in [-0.25, -0.2) is 9.37 Å². The molecule has 0 radical (unpaired) electrons. The number of amides is 1. The number of benzene rings is 1. The van der Waals surface area contributed by atoms with Crippen LogP contribution in [0.2, 0.25) is 0 Å². The molecule has 0 fully saturated rings. The minimum atomic E-state index is -0.482. The molecular formula is C18H16FN3OS. The summed E-state index contributed by atoms with van der Waals surface area (Å²) in [5.41, 5.74) is 8.06. The third kappa shape index (κ3) is 3.60. The van der Waals surface area contributed by atoms with Crippen LogP contribution in [0.15, 0.2) is 53.2 Å². The maximum Gasteiger partial charge on any atom is 0.254 e. The SMILES string of the molecule is CN(Cc1ccsc1)C(=O)c1cc(F)cc(-c2cccc(N)n2)c1. The average molecular weight is 341 g/mol. The van der Waals surface area contributed by atoms with Gasteiger partial charge in [-0.15, -0.1) is 0 Å². The monoisotopic (exact) mass is 341 g/mol. The summed E-state index contributed by atoms with van der Waals surface area (Å²) in [6.07, 6.45) is 0. The number of hydrogen-bond donors (Lipinski definition) is 1. The topological polar surface area (TPSA) is 59.2 Å². The van der Waals surface area contributed by atoms with E-state index < -0.39 is 5.82 Å². The Morgan fingerprint density at radius 1 is 1.29 bits per heavy atom. The number of nitrogens with zero attached hydrogens (tertiary/aromatic N) is 2. The zero-order valence-corrected chi connectivity index (χ0v) is 13.9. The van der Waals surface area contributed by atoms with Gasteiger partial charge in [0.1, 0.15) is 11.6 Å². The third-order valence-corrected chi connectivity index (χ3v) is 4.29. The van der Waals surface area contributed by atoms with Crippen molar-refractivity contribution < 1.29 is 9.18 Å². The number of halogens is 1. The van der Waals surface area contributed by atoms with Gasteiger partial charge in [0.25, 0.3) is 5.91 Å². The summed E-state index contributed by atoms with van der Waals surface area (Å²) in [5, 5.41) is 3.94. The van der Waals surface area contributed by atoms with Crippen LogP contribution in [0.5, 0.6) is 0 Å². The molecular weight excluding hydrogens is 325 g/mol. The summed E-state index contributed by atoms with van der Waals surface area (Å²) < 4.78 is 14.0. The molecule has 122 valence electrons. The molecule has 0 spiro atoms. The number of pyridine rings is 1. The van der Waals surface area contributed by atoms with Crippen molar-refractivity contribution in [1.29, 1.82) is 0 Å². The number of anilines is 1. The molecule has 0 aliphatic heterocycles. The Hall–Kier alpha value is -2.73. The van der Waals surface area contributed by atoms with Crippen molar-refractivity contribution in [2.75, 3.05) is 12.8 Å². The Bertz CT molecular complexity index is 864. The highest BCUT2D eigenvalue weighted by molar-refractivity contribution is 7.07. The van der Waals surface area contributed by atoms with Crippen LogP contribution in [-0.2, 0) is 6.54 Å². The Kier molecular flexibility index (Phi) is 4.57. The maximum atomic E-state index is 14.0. The largest absolute Gasteiger partial charge is 0.384 e. The number of hydrogen-bond acceptors (Lipinski definition) is 4. The Morgan fingerprint density at radius 3 is 2.83 bits per heavy atom. The molecule has 2 N–H and O–H groups in total. The number of carbonyl (C=O) groups is 1. The van der Waals surface area contributed by atoms with E-state index in [1.54, 1.807) is 47.5 Å². The van der Waals surface area contributed by atoms with Crippen molar-refractivity contribution >= 4 is 23.1 Å². The summed E-state index contributed by atoms with van der Waals surface area (Å²) in [4.78, 5) is 18.3. The molecule has 0 aliphatic rings. The zero-order valence-electron chi connectivity index (χ0n) is 13.1. The Balaban J connectivity index is 1.89. The van der Waals surface area contributed by atoms with Crippen LogP contribution >= 0.6 is 11.3 Å². The van der Waals surface area contributed by atoms with E-state index >= 15 is 0 Å². The smallest absolute Gasteiger partial charge is 0.254 e. The van der Waals surface area contributed by atoms with E-state index in [-0.39, 0.29) is 11.5 Å². The second kappa shape index (κ2) is 6.80. The van der Waals surface area contributed by atoms with Crippen LogP contribution in [0.4, 0.5) is 10.2 Å². The first-order valence-electron chi connectivity index (χ1n) is 7.33. The Morgan fingerprint density at radius 2 is 2.12 bits per heavy atom. The van der Waals surface area contributed by atoms with E-state index in [4.69, 9.17) is 5.73 Å². The van der Waals surface area contributed by atoms with Crippen LogP contribution in [0, 0.1) is 5.82 Å². The standard InChI is InChI=1S/C18H16FN3OS/c1-22(10-12-5-6-24-11-12)18(23)14-7-13(8-15(19)9-14)16-3-2-4-17(20)21-16/h2-9,11H,10H2,1H3,(H2,20,21). The molecule has 0 atom stereocenters. The highest BCUT2D eigenvalue weighted by Crippen LogP contribution is 2.22. The lowest BCUT2D eigenvalue weighted by Crippen LogP contribution is -2.26. The quantitative estimate of drug-likeness (QED) is 0.785. The fourth-order valence-corrected chi connectivity index (χ4v) is 3.08. The van der Waals surface area contributed by atoms with Gasteiger partial charge in [0, 0.05) is 24.7 Å². The van der Waals surface area contributed by atoms with E-state index in [1.165, 1.54) is 12.1 Å². The van der Waals surface area contributed by atoms with Gasteiger partial charge in [0.05, 0.1) is 5.69 Å².